The summed E-state index contributed by atoms with van der Waals surface area (Å²) in [6.45, 7) is 5.05. The third-order valence-corrected chi connectivity index (χ3v) is 4.73. The van der Waals surface area contributed by atoms with Crippen LogP contribution >= 0.6 is 0 Å². The number of anilines is 1. The van der Waals surface area contributed by atoms with Crippen molar-refractivity contribution in [2.45, 2.75) is 0 Å². The van der Waals surface area contributed by atoms with Gasteiger partial charge in [-0.15, -0.1) is 0 Å². The maximum Gasteiger partial charge on any atom is 0.320 e. The lowest BCUT2D eigenvalue weighted by molar-refractivity contribution is 0.0428. The molecule has 3 heterocycles. The van der Waals surface area contributed by atoms with Crippen LogP contribution in [0.5, 0.6) is 0 Å². The van der Waals surface area contributed by atoms with Crippen molar-refractivity contribution < 1.29 is 9.53 Å². The number of carbonyl (C=O) groups excluding carboxylic acids is 1. The maximum absolute atomic E-state index is 12.5. The van der Waals surface area contributed by atoms with Gasteiger partial charge in [0.1, 0.15) is 0 Å². The number of hydrogen-bond donors (Lipinski definition) is 1. The van der Waals surface area contributed by atoms with Crippen molar-refractivity contribution in [3.8, 4) is 0 Å². The summed E-state index contributed by atoms with van der Waals surface area (Å²) in [5.41, 5.74) is 0.556. The molecule has 1 aromatic carbocycles. The zero-order valence-electron chi connectivity index (χ0n) is 14.0. The molecule has 8 heteroatoms. The van der Waals surface area contributed by atoms with Gasteiger partial charge in [-0.2, -0.15) is 0 Å². The van der Waals surface area contributed by atoms with E-state index in [2.05, 4.69) is 9.97 Å². The van der Waals surface area contributed by atoms with Gasteiger partial charge >= 0.3 is 6.03 Å². The highest BCUT2D eigenvalue weighted by Gasteiger charge is 2.27. The minimum atomic E-state index is -0.132. The molecule has 2 fully saturated rings. The van der Waals surface area contributed by atoms with Gasteiger partial charge in [0.15, 0.2) is 0 Å². The number of nitrogens with zero attached hydrogens (tertiary/aromatic N) is 4. The van der Waals surface area contributed by atoms with E-state index in [1.807, 2.05) is 32.9 Å². The number of urea groups is 1. The van der Waals surface area contributed by atoms with Crippen LogP contribution < -0.4 is 10.5 Å². The Morgan fingerprint density at radius 3 is 2.44 bits per heavy atom. The summed E-state index contributed by atoms with van der Waals surface area (Å²) in [4.78, 5) is 37.9. The molecule has 0 atom stereocenters. The van der Waals surface area contributed by atoms with Gasteiger partial charge in [0.25, 0.3) is 5.56 Å². The fourth-order valence-electron chi connectivity index (χ4n) is 3.29. The summed E-state index contributed by atoms with van der Waals surface area (Å²) >= 11 is 0. The standard InChI is InChI=1S/C17H21N5O3/c23-15-13-3-1-2-4-14(13)18-16(19-15)20-5-7-21(8-6-20)17(24)22-9-11-25-12-10-22/h1-4H,5-12H2,(H,18,19,23). The Labute approximate surface area is 145 Å². The molecule has 2 aliphatic heterocycles. The summed E-state index contributed by atoms with van der Waals surface area (Å²) < 4.78 is 5.30. The number of fused-ring (bicyclic) bond motifs is 1. The van der Waals surface area contributed by atoms with Gasteiger partial charge in [0.05, 0.1) is 24.1 Å². The Morgan fingerprint density at radius 2 is 1.68 bits per heavy atom. The second kappa shape index (κ2) is 6.72. The number of benzene rings is 1. The second-order valence-electron chi connectivity index (χ2n) is 6.26. The molecule has 0 aliphatic carbocycles. The number of hydrogen-bond acceptors (Lipinski definition) is 5. The van der Waals surface area contributed by atoms with Crippen LogP contribution in [0.3, 0.4) is 0 Å². The van der Waals surface area contributed by atoms with Crippen LogP contribution in [0.1, 0.15) is 0 Å². The van der Waals surface area contributed by atoms with Crippen molar-refractivity contribution in [2.75, 3.05) is 57.4 Å². The molecule has 8 nitrogen and oxygen atoms in total. The fraction of sp³-hybridized carbons (Fsp3) is 0.471. The number of para-hydroxylation sites is 1. The van der Waals surface area contributed by atoms with Crippen LogP contribution in [0.4, 0.5) is 10.7 Å². The highest BCUT2D eigenvalue weighted by Crippen LogP contribution is 2.15. The van der Waals surface area contributed by atoms with Crippen LogP contribution in [-0.2, 0) is 4.74 Å². The first-order valence-electron chi connectivity index (χ1n) is 8.58. The van der Waals surface area contributed by atoms with E-state index in [-0.39, 0.29) is 11.6 Å². The zero-order valence-corrected chi connectivity index (χ0v) is 14.0. The molecule has 4 rings (SSSR count). The number of H-pyrrole nitrogens is 1. The Bertz CT molecular complexity index is 822. The lowest BCUT2D eigenvalue weighted by atomic mass is 10.2. The first kappa shape index (κ1) is 15.9. The predicted molar refractivity (Wildman–Crippen MR) is 93.9 cm³/mol. The Hall–Kier alpha value is -2.61. The molecule has 1 aromatic heterocycles. The summed E-state index contributed by atoms with van der Waals surface area (Å²) in [5.74, 6) is 0.571. The number of aromatic nitrogens is 2. The quantitative estimate of drug-likeness (QED) is 0.815. The van der Waals surface area contributed by atoms with Crippen LogP contribution in [0.2, 0.25) is 0 Å². The van der Waals surface area contributed by atoms with Crippen LogP contribution in [0.15, 0.2) is 29.1 Å². The molecule has 2 saturated heterocycles. The van der Waals surface area contributed by atoms with Crippen LogP contribution in [-0.4, -0.2) is 78.3 Å². The van der Waals surface area contributed by atoms with E-state index in [4.69, 9.17) is 4.74 Å². The van der Waals surface area contributed by atoms with Gasteiger partial charge in [-0.05, 0) is 12.1 Å². The number of amides is 2. The number of morpholine rings is 1. The van der Waals surface area contributed by atoms with Gasteiger partial charge in [-0.25, -0.2) is 9.78 Å². The normalized spacial score (nSPS) is 18.6. The molecule has 1 N–H and O–H groups in total. The van der Waals surface area contributed by atoms with E-state index in [0.717, 1.165) is 0 Å². The predicted octanol–water partition coefficient (Wildman–Crippen LogP) is 0.497. The number of nitrogens with one attached hydrogen (secondary N) is 1. The molecule has 2 aromatic rings. The molecular weight excluding hydrogens is 322 g/mol. The van der Waals surface area contributed by atoms with Gasteiger partial charge < -0.3 is 19.4 Å². The smallest absolute Gasteiger partial charge is 0.320 e. The number of carbonyl (C=O) groups is 1. The Morgan fingerprint density at radius 1 is 1.00 bits per heavy atom. The molecule has 2 aliphatic rings. The number of piperazine rings is 1. The van der Waals surface area contributed by atoms with Crippen molar-refractivity contribution in [1.82, 2.24) is 19.8 Å². The van der Waals surface area contributed by atoms with E-state index < -0.39 is 0 Å². The highest BCUT2D eigenvalue weighted by molar-refractivity contribution is 5.78. The lowest BCUT2D eigenvalue weighted by Gasteiger charge is -2.38. The SMILES string of the molecule is O=C(N1CCOCC1)N1CCN(c2nc3ccccc3c(=O)[nH]2)CC1. The monoisotopic (exact) mass is 343 g/mol. The molecule has 2 amide bonds. The third kappa shape index (κ3) is 3.17. The first-order valence-corrected chi connectivity index (χ1v) is 8.58. The molecule has 0 unspecified atom stereocenters. The van der Waals surface area contributed by atoms with E-state index >= 15 is 0 Å². The number of aromatic amines is 1. The summed E-state index contributed by atoms with van der Waals surface area (Å²) in [5, 5.41) is 0.590. The molecule has 132 valence electrons. The molecule has 0 radical (unpaired) electrons. The van der Waals surface area contributed by atoms with Crippen LogP contribution in [0.25, 0.3) is 10.9 Å². The average molecular weight is 343 g/mol. The van der Waals surface area contributed by atoms with E-state index in [9.17, 15) is 9.59 Å². The van der Waals surface area contributed by atoms with Gasteiger partial charge in [0, 0.05) is 39.3 Å². The van der Waals surface area contributed by atoms with Gasteiger partial charge in [0.2, 0.25) is 5.95 Å². The van der Waals surface area contributed by atoms with Crippen molar-refractivity contribution in [3.63, 3.8) is 0 Å². The summed E-state index contributed by atoms with van der Waals surface area (Å²) in [6.07, 6.45) is 0. The molecule has 0 spiro atoms. The van der Waals surface area contributed by atoms with Gasteiger partial charge in [-0.1, -0.05) is 12.1 Å². The van der Waals surface area contributed by atoms with Gasteiger partial charge in [-0.3, -0.25) is 9.78 Å². The minimum Gasteiger partial charge on any atom is -0.378 e. The minimum absolute atomic E-state index is 0.0721. The number of ether oxygens (including phenoxy) is 1. The lowest BCUT2D eigenvalue weighted by Crippen LogP contribution is -2.55. The van der Waals surface area contributed by atoms with Crippen molar-refractivity contribution >= 4 is 22.9 Å². The largest absolute Gasteiger partial charge is 0.378 e. The van der Waals surface area contributed by atoms with Crippen molar-refractivity contribution in [3.05, 3.63) is 34.6 Å². The average Bonchev–Trinajstić information content (AvgIpc) is 2.68. The molecule has 25 heavy (non-hydrogen) atoms. The fourth-order valence-corrected chi connectivity index (χ4v) is 3.29. The van der Waals surface area contributed by atoms with Crippen molar-refractivity contribution in [2.24, 2.45) is 0 Å². The summed E-state index contributed by atoms with van der Waals surface area (Å²) in [6, 6.07) is 7.38. The third-order valence-electron chi connectivity index (χ3n) is 4.73. The van der Waals surface area contributed by atoms with Crippen molar-refractivity contribution in [1.29, 1.82) is 0 Å². The Balaban J connectivity index is 1.45. The highest BCUT2D eigenvalue weighted by atomic mass is 16.5. The second-order valence-corrected chi connectivity index (χ2v) is 6.26. The summed E-state index contributed by atoms with van der Waals surface area (Å²) in [7, 11) is 0. The Kier molecular flexibility index (Phi) is 4.27. The topological polar surface area (TPSA) is 81.8 Å². The van der Waals surface area contributed by atoms with E-state index in [1.54, 1.807) is 6.07 Å². The first-order chi connectivity index (χ1) is 12.2. The zero-order chi connectivity index (χ0) is 17.2. The molecule has 0 bridgehead atoms. The van der Waals surface area contributed by atoms with E-state index in [0.29, 0.717) is 69.3 Å². The molecular formula is C17H21N5O3. The molecule has 0 saturated carbocycles. The number of rotatable bonds is 1. The van der Waals surface area contributed by atoms with Crippen LogP contribution in [0, 0.1) is 0 Å². The van der Waals surface area contributed by atoms with E-state index in [1.165, 1.54) is 0 Å². The maximum atomic E-state index is 12.5.